The van der Waals surface area contributed by atoms with Crippen LogP contribution in [0.1, 0.15) is 189 Å². The van der Waals surface area contributed by atoms with E-state index < -0.39 is 11.9 Å². The monoisotopic (exact) mass is 879 g/mol. The number of rotatable bonds is 37. The van der Waals surface area contributed by atoms with Gasteiger partial charge >= 0.3 is 11.9 Å². The van der Waals surface area contributed by atoms with Crippen LogP contribution in [0.25, 0.3) is 0 Å². The average molecular weight is 879 g/mol. The summed E-state index contributed by atoms with van der Waals surface area (Å²) in [5, 5.41) is 0. The zero-order chi connectivity index (χ0) is 45.1. The van der Waals surface area contributed by atoms with Crippen molar-refractivity contribution in [1.82, 2.24) is 0 Å². The van der Waals surface area contributed by atoms with Gasteiger partial charge in [0, 0.05) is 0 Å². The number of carbonyl (C=O) groups is 2. The summed E-state index contributed by atoms with van der Waals surface area (Å²) >= 11 is 0. The van der Waals surface area contributed by atoms with E-state index in [4.69, 9.17) is 28.4 Å². The largest absolute Gasteiger partial charge is 0.494 e. The molecule has 0 unspecified atom stereocenters. The Morgan fingerprint density at radius 2 is 0.484 bits per heavy atom. The minimum Gasteiger partial charge on any atom is -0.494 e. The van der Waals surface area contributed by atoms with Crippen molar-refractivity contribution in [3.63, 3.8) is 0 Å². The van der Waals surface area contributed by atoms with Crippen LogP contribution in [-0.2, 0) is 0 Å². The third-order valence-corrected chi connectivity index (χ3v) is 11.4. The molecule has 0 heterocycles. The molecule has 0 saturated carbocycles. The molecular formula is C56H78O8. The maximum Gasteiger partial charge on any atom is 0.343 e. The Kier molecular flexibility index (Phi) is 27.1. The van der Waals surface area contributed by atoms with Crippen molar-refractivity contribution in [3.8, 4) is 34.5 Å². The molecule has 0 aliphatic carbocycles. The molecule has 4 aromatic rings. The summed E-state index contributed by atoms with van der Waals surface area (Å²) in [7, 11) is 0. The zero-order valence-electron chi connectivity index (χ0n) is 39.3. The van der Waals surface area contributed by atoms with Crippen molar-refractivity contribution in [3.05, 3.63) is 108 Å². The van der Waals surface area contributed by atoms with Gasteiger partial charge < -0.3 is 28.4 Å². The topological polar surface area (TPSA) is 89.5 Å². The van der Waals surface area contributed by atoms with E-state index in [1.807, 2.05) is 48.5 Å². The molecule has 8 nitrogen and oxygen atoms in total. The molecule has 0 atom stereocenters. The van der Waals surface area contributed by atoms with Crippen LogP contribution in [-0.4, -0.2) is 38.4 Å². The number of hydrogen-bond acceptors (Lipinski definition) is 8. The van der Waals surface area contributed by atoms with Gasteiger partial charge in [0.25, 0.3) is 0 Å². The molecule has 0 bridgehead atoms. The molecule has 4 aromatic carbocycles. The first-order valence-corrected chi connectivity index (χ1v) is 24.9. The predicted molar refractivity (Wildman–Crippen MR) is 260 cm³/mol. The van der Waals surface area contributed by atoms with Crippen molar-refractivity contribution in [2.45, 2.75) is 168 Å². The molecule has 0 radical (unpaired) electrons. The molecule has 0 spiro atoms. The van der Waals surface area contributed by atoms with Crippen LogP contribution in [0, 0.1) is 0 Å². The Bertz CT molecular complexity index is 1640. The number of ether oxygens (including phenoxy) is 6. The Morgan fingerprint density at radius 1 is 0.281 bits per heavy atom. The van der Waals surface area contributed by atoms with Gasteiger partial charge in [0.05, 0.1) is 37.6 Å². The molecule has 0 aliphatic rings. The van der Waals surface area contributed by atoms with Gasteiger partial charge in [-0.3, -0.25) is 0 Å². The van der Waals surface area contributed by atoms with Crippen molar-refractivity contribution < 1.29 is 38.0 Å². The summed E-state index contributed by atoms with van der Waals surface area (Å²) in [5.41, 5.74) is 0.963. The lowest BCUT2D eigenvalue weighted by molar-refractivity contribution is 0.0725. The lowest BCUT2D eigenvalue weighted by Gasteiger charge is -2.09. The Balaban J connectivity index is 0.945. The standard InChI is InChI=1S/C56H78O8/c1-3-5-7-9-11-15-19-25-45-61-51-35-39-53(40-36-51)63-55(57)47-27-31-49(32-28-47)59-43-23-21-17-13-14-18-22-24-44-60-50-33-29-48(30-34-50)56(58)64-54-41-37-52(38-42-54)62-46-26-20-16-12-10-8-6-4-2/h27-42H,3-26,43-46H2,1-2H3. The molecule has 0 N–H and O–H groups in total. The number of benzene rings is 4. The molecule has 0 amide bonds. The summed E-state index contributed by atoms with van der Waals surface area (Å²) in [6.07, 6.45) is 29.4. The van der Waals surface area contributed by atoms with E-state index in [2.05, 4.69) is 13.8 Å². The SMILES string of the molecule is CCCCCCCCCCOc1ccc(OC(=O)c2ccc(OCCCCCCCCCCOc3ccc(C(=O)Oc4ccc(OCCCCCCCCCC)cc4)cc3)cc2)cc1. The lowest BCUT2D eigenvalue weighted by Crippen LogP contribution is -2.08. The Labute approximate surface area is 385 Å². The van der Waals surface area contributed by atoms with Gasteiger partial charge in [0.1, 0.15) is 34.5 Å². The molecule has 350 valence electrons. The second-order valence-corrected chi connectivity index (χ2v) is 16.9. The maximum atomic E-state index is 12.7. The van der Waals surface area contributed by atoms with E-state index in [0.717, 1.165) is 61.5 Å². The molecule has 4 rings (SSSR count). The zero-order valence-corrected chi connectivity index (χ0v) is 39.3. The summed E-state index contributed by atoms with van der Waals surface area (Å²) in [6.45, 7) is 7.21. The lowest BCUT2D eigenvalue weighted by atomic mass is 10.1. The van der Waals surface area contributed by atoms with E-state index >= 15 is 0 Å². The van der Waals surface area contributed by atoms with Crippen molar-refractivity contribution in [2.24, 2.45) is 0 Å². The van der Waals surface area contributed by atoms with Crippen LogP contribution in [0.15, 0.2) is 97.1 Å². The predicted octanol–water partition coefficient (Wildman–Crippen LogP) is 15.7. The van der Waals surface area contributed by atoms with E-state index in [1.54, 1.807) is 48.5 Å². The fourth-order valence-electron chi connectivity index (χ4n) is 7.41. The van der Waals surface area contributed by atoms with E-state index in [9.17, 15) is 9.59 Å². The molecule has 64 heavy (non-hydrogen) atoms. The Hall–Kier alpha value is -4.98. The Morgan fingerprint density at radius 3 is 0.734 bits per heavy atom. The second kappa shape index (κ2) is 33.5. The van der Waals surface area contributed by atoms with E-state index in [1.165, 1.54) is 116 Å². The first-order chi connectivity index (χ1) is 31.5. The van der Waals surface area contributed by atoms with Crippen LogP contribution < -0.4 is 28.4 Å². The summed E-state index contributed by atoms with van der Waals surface area (Å²) < 4.78 is 34.7. The maximum absolute atomic E-state index is 12.7. The van der Waals surface area contributed by atoms with Gasteiger partial charge in [0.2, 0.25) is 0 Å². The molecule has 8 heteroatoms. The second-order valence-electron chi connectivity index (χ2n) is 16.9. The van der Waals surface area contributed by atoms with Gasteiger partial charge in [-0.05, 0) is 123 Å². The number of esters is 2. The van der Waals surface area contributed by atoms with Gasteiger partial charge in [0.15, 0.2) is 0 Å². The quantitative estimate of drug-likeness (QED) is 0.0251. The fourth-order valence-corrected chi connectivity index (χ4v) is 7.41. The van der Waals surface area contributed by atoms with Gasteiger partial charge in [-0.25, -0.2) is 9.59 Å². The first kappa shape index (κ1) is 51.7. The molecule has 0 aromatic heterocycles. The van der Waals surface area contributed by atoms with Crippen molar-refractivity contribution in [2.75, 3.05) is 26.4 Å². The summed E-state index contributed by atoms with van der Waals surface area (Å²) in [4.78, 5) is 25.4. The third-order valence-electron chi connectivity index (χ3n) is 11.4. The highest BCUT2D eigenvalue weighted by atomic mass is 16.5. The average Bonchev–Trinajstić information content (AvgIpc) is 3.32. The highest BCUT2D eigenvalue weighted by molar-refractivity contribution is 5.91. The molecule has 0 saturated heterocycles. The number of carbonyl (C=O) groups excluding carboxylic acids is 2. The molecule has 0 fully saturated rings. The molecular weight excluding hydrogens is 801 g/mol. The van der Waals surface area contributed by atoms with Crippen molar-refractivity contribution >= 4 is 11.9 Å². The van der Waals surface area contributed by atoms with Crippen LogP contribution in [0.5, 0.6) is 34.5 Å². The highest BCUT2D eigenvalue weighted by Gasteiger charge is 2.11. The third kappa shape index (κ3) is 23.1. The van der Waals surface area contributed by atoms with Gasteiger partial charge in [-0.2, -0.15) is 0 Å². The number of hydrogen-bond donors (Lipinski definition) is 0. The fraction of sp³-hybridized carbons (Fsp3) is 0.536. The highest BCUT2D eigenvalue weighted by Crippen LogP contribution is 2.23. The minimum atomic E-state index is -0.398. The molecule has 0 aliphatic heterocycles. The smallest absolute Gasteiger partial charge is 0.343 e. The van der Waals surface area contributed by atoms with Crippen molar-refractivity contribution in [1.29, 1.82) is 0 Å². The first-order valence-electron chi connectivity index (χ1n) is 24.9. The van der Waals surface area contributed by atoms with Crippen LogP contribution >= 0.6 is 0 Å². The number of unbranched alkanes of at least 4 members (excludes halogenated alkanes) is 21. The normalized spacial score (nSPS) is 11.0. The van der Waals surface area contributed by atoms with Gasteiger partial charge in [-0.15, -0.1) is 0 Å². The van der Waals surface area contributed by atoms with Crippen LogP contribution in [0.3, 0.4) is 0 Å². The van der Waals surface area contributed by atoms with E-state index in [0.29, 0.717) is 49.1 Å². The van der Waals surface area contributed by atoms with Gasteiger partial charge in [-0.1, -0.05) is 142 Å². The summed E-state index contributed by atoms with van der Waals surface area (Å²) in [5.74, 6) is 3.27. The minimum absolute atomic E-state index is 0.398. The van der Waals surface area contributed by atoms with Crippen LogP contribution in [0.2, 0.25) is 0 Å². The van der Waals surface area contributed by atoms with Crippen LogP contribution in [0.4, 0.5) is 0 Å². The summed E-state index contributed by atoms with van der Waals surface area (Å²) in [6, 6.07) is 28.8. The van der Waals surface area contributed by atoms with E-state index in [-0.39, 0.29) is 0 Å².